The first kappa shape index (κ1) is 23.3. The Morgan fingerprint density at radius 3 is 2.74 bits per heavy atom. The number of allylic oxidation sites excluding steroid dienone is 2. The molecule has 0 saturated heterocycles. The molecule has 0 radical (unpaired) electrons. The van der Waals surface area contributed by atoms with E-state index in [1.165, 1.54) is 35.2 Å². The van der Waals surface area contributed by atoms with Gasteiger partial charge in [0.15, 0.2) is 5.09 Å². The molecule has 6 rings (SSSR count). The highest BCUT2D eigenvalue weighted by Gasteiger charge is 2.61. The Hall–Kier alpha value is -2.16. The number of aliphatic hydroxyl groups is 1. The van der Waals surface area contributed by atoms with Crippen molar-refractivity contribution in [1.82, 2.24) is 14.8 Å². The summed E-state index contributed by atoms with van der Waals surface area (Å²) in [5.74, 6) is 0.563. The van der Waals surface area contributed by atoms with Gasteiger partial charge in [-0.1, -0.05) is 31.2 Å². The molecule has 6 atom stereocenters. The lowest BCUT2D eigenvalue weighted by Gasteiger charge is -2.59. The molecular weight excluding hydrogens is 465 g/mol. The number of pyridine rings is 1. The Balaban J connectivity index is 1.37. The van der Waals surface area contributed by atoms with E-state index in [0.717, 1.165) is 49.0 Å². The van der Waals surface area contributed by atoms with Crippen molar-refractivity contribution in [2.45, 2.75) is 58.5 Å². The van der Waals surface area contributed by atoms with E-state index < -0.39 is 12.1 Å². The summed E-state index contributed by atoms with van der Waals surface area (Å²) < 4.78 is 15.2. The van der Waals surface area contributed by atoms with Crippen molar-refractivity contribution < 1.29 is 19.6 Å². The quantitative estimate of drug-likeness (QED) is 0.248. The molecule has 0 spiro atoms. The van der Waals surface area contributed by atoms with Crippen molar-refractivity contribution in [3.05, 3.63) is 58.0 Å². The van der Waals surface area contributed by atoms with Crippen molar-refractivity contribution in [2.24, 2.45) is 28.6 Å². The van der Waals surface area contributed by atoms with E-state index in [9.17, 15) is 14.8 Å². The summed E-state index contributed by atoms with van der Waals surface area (Å²) in [5.41, 5.74) is 5.20. The van der Waals surface area contributed by atoms with Crippen molar-refractivity contribution in [2.75, 3.05) is 6.26 Å². The van der Waals surface area contributed by atoms with Crippen LogP contribution in [0.5, 0.6) is 0 Å². The molecular formula is C27H32FN3O3S. The highest BCUT2D eigenvalue weighted by atomic mass is 32.2. The van der Waals surface area contributed by atoms with Crippen molar-refractivity contribution in [3.63, 3.8) is 0 Å². The van der Waals surface area contributed by atoms with Gasteiger partial charge in [0.05, 0.1) is 29.9 Å². The zero-order chi connectivity index (χ0) is 24.5. The molecule has 186 valence electrons. The maximum Gasteiger partial charge on any atom is 0.212 e. The first-order chi connectivity index (χ1) is 16.8. The molecule has 2 aromatic heterocycles. The lowest BCUT2D eigenvalue weighted by molar-refractivity contribution is -0.194. The van der Waals surface area contributed by atoms with Crippen molar-refractivity contribution in [1.29, 1.82) is 0 Å². The number of nitrogens with zero attached hydrogens (tertiary/aromatic N) is 3. The lowest BCUT2D eigenvalue weighted by atomic mass is 9.46. The molecule has 4 aliphatic carbocycles. The Morgan fingerprint density at radius 2 is 2.03 bits per heavy atom. The van der Waals surface area contributed by atoms with E-state index >= 15 is 0 Å². The summed E-state index contributed by atoms with van der Waals surface area (Å²) in [6, 6.07) is 3.06. The molecule has 0 bridgehead atoms. The fourth-order valence-corrected chi connectivity index (χ4v) is 8.90. The maximum absolute atomic E-state index is 13.4. The molecule has 0 amide bonds. The SMILES string of the molecule is CSC(OO)=C1CCC2C3CCC4=Cc5c(cnn5-c5ccc(F)nc5)CC4(C)C3C(O)CC12C. The highest BCUT2D eigenvalue weighted by molar-refractivity contribution is 8.02. The van der Waals surface area contributed by atoms with Crippen LogP contribution in [0.15, 0.2) is 40.8 Å². The van der Waals surface area contributed by atoms with E-state index in [1.54, 1.807) is 6.07 Å². The first-order valence-corrected chi connectivity index (χ1v) is 13.7. The minimum absolute atomic E-state index is 0.131. The monoisotopic (exact) mass is 497 g/mol. The average molecular weight is 498 g/mol. The molecule has 2 aromatic rings. The third kappa shape index (κ3) is 3.29. The molecule has 0 aromatic carbocycles. The van der Waals surface area contributed by atoms with Gasteiger partial charge in [0, 0.05) is 0 Å². The van der Waals surface area contributed by atoms with E-state index in [0.29, 0.717) is 23.3 Å². The smallest absolute Gasteiger partial charge is 0.212 e. The molecule has 3 fully saturated rings. The largest absolute Gasteiger partial charge is 0.393 e. The van der Waals surface area contributed by atoms with Crippen LogP contribution in [0.25, 0.3) is 11.8 Å². The predicted octanol–water partition coefficient (Wildman–Crippen LogP) is 5.62. The minimum Gasteiger partial charge on any atom is -0.393 e. The van der Waals surface area contributed by atoms with Crippen LogP contribution in [0.3, 0.4) is 0 Å². The third-order valence-corrected chi connectivity index (χ3v) is 10.4. The van der Waals surface area contributed by atoms with Crippen LogP contribution in [-0.2, 0) is 11.3 Å². The van der Waals surface area contributed by atoms with Crippen LogP contribution in [0.4, 0.5) is 4.39 Å². The van der Waals surface area contributed by atoms with Gasteiger partial charge in [0.1, 0.15) is 0 Å². The van der Waals surface area contributed by atoms with Gasteiger partial charge in [0.2, 0.25) is 5.95 Å². The molecule has 2 N–H and O–H groups in total. The van der Waals surface area contributed by atoms with Crippen molar-refractivity contribution in [3.8, 4) is 5.69 Å². The first-order valence-electron chi connectivity index (χ1n) is 12.5. The van der Waals surface area contributed by atoms with Crippen LogP contribution in [0.1, 0.15) is 57.2 Å². The number of aliphatic hydroxyl groups excluding tert-OH is 1. The fourth-order valence-electron chi connectivity index (χ4n) is 8.25. The van der Waals surface area contributed by atoms with Crippen LogP contribution >= 0.6 is 11.8 Å². The second-order valence-electron chi connectivity index (χ2n) is 11.2. The van der Waals surface area contributed by atoms with Gasteiger partial charge in [-0.3, -0.25) is 0 Å². The Morgan fingerprint density at radius 1 is 1.20 bits per heavy atom. The van der Waals surface area contributed by atoms with Crippen LogP contribution in [0.2, 0.25) is 0 Å². The van der Waals surface area contributed by atoms with Gasteiger partial charge >= 0.3 is 0 Å². The lowest BCUT2D eigenvalue weighted by Crippen LogP contribution is -2.56. The molecule has 6 unspecified atom stereocenters. The van der Waals surface area contributed by atoms with Gasteiger partial charge in [0.25, 0.3) is 0 Å². The number of thioether (sulfide) groups is 1. The van der Waals surface area contributed by atoms with Gasteiger partial charge < -0.3 is 9.99 Å². The summed E-state index contributed by atoms with van der Waals surface area (Å²) in [6.45, 7) is 4.60. The number of halogens is 1. The number of rotatable bonds is 3. The van der Waals surface area contributed by atoms with Gasteiger partial charge in [-0.2, -0.15) is 9.49 Å². The summed E-state index contributed by atoms with van der Waals surface area (Å²) in [5, 5.41) is 26.4. The van der Waals surface area contributed by atoms with E-state index in [1.807, 2.05) is 17.1 Å². The van der Waals surface area contributed by atoms with Gasteiger partial charge in [-0.15, -0.1) is 0 Å². The number of fused-ring (bicyclic) bond motifs is 6. The maximum atomic E-state index is 13.4. The molecule has 6 nitrogen and oxygen atoms in total. The topological polar surface area (TPSA) is 80.4 Å². The average Bonchev–Trinajstić information content (AvgIpc) is 3.38. The fraction of sp³-hybridized carbons (Fsp3) is 0.556. The van der Waals surface area contributed by atoms with Crippen molar-refractivity contribution >= 4 is 17.8 Å². The number of aromatic nitrogens is 3. The normalized spacial score (nSPS) is 37.0. The van der Waals surface area contributed by atoms with Crippen LogP contribution < -0.4 is 0 Å². The molecule has 0 aliphatic heterocycles. The Labute approximate surface area is 209 Å². The van der Waals surface area contributed by atoms with Gasteiger partial charge in [-0.05, 0) is 103 Å². The summed E-state index contributed by atoms with van der Waals surface area (Å²) in [6.07, 6.45) is 12.7. The third-order valence-electron chi connectivity index (χ3n) is 9.68. The van der Waals surface area contributed by atoms with Gasteiger partial charge in [-0.25, -0.2) is 14.9 Å². The minimum atomic E-state index is -0.502. The second-order valence-corrected chi connectivity index (χ2v) is 12.0. The molecule has 8 heteroatoms. The molecule has 4 aliphatic rings. The summed E-state index contributed by atoms with van der Waals surface area (Å²) >= 11 is 1.45. The molecule has 35 heavy (non-hydrogen) atoms. The molecule has 2 heterocycles. The predicted molar refractivity (Wildman–Crippen MR) is 133 cm³/mol. The van der Waals surface area contributed by atoms with Crippen LogP contribution in [0, 0.1) is 34.5 Å². The standard InChI is InChI=1S/C27H32FN3O3S/c1-26-11-15-13-30-31(17-5-9-23(28)29-14-17)21(15)10-16(26)4-6-18-19-7-8-20(25(34-33)35-3)27(19,2)12-22(32)24(18)26/h5,9-10,13-14,18-19,22,24,32-33H,4,6-8,11-12H2,1-3H3. The second kappa shape index (κ2) is 8.18. The van der Waals surface area contributed by atoms with Crippen LogP contribution in [-0.4, -0.2) is 37.5 Å². The number of hydrogen-bond donors (Lipinski definition) is 2. The summed E-state index contributed by atoms with van der Waals surface area (Å²) in [7, 11) is 0. The zero-order valence-electron chi connectivity index (χ0n) is 20.4. The van der Waals surface area contributed by atoms with E-state index in [4.69, 9.17) is 4.89 Å². The Bertz CT molecular complexity index is 1220. The Kier molecular flexibility index (Phi) is 5.44. The zero-order valence-corrected chi connectivity index (χ0v) is 21.2. The number of hydrogen-bond acceptors (Lipinski definition) is 6. The molecule has 3 saturated carbocycles. The summed E-state index contributed by atoms with van der Waals surface area (Å²) in [4.78, 5) is 8.58. The van der Waals surface area contributed by atoms with E-state index in [-0.39, 0.29) is 16.7 Å². The van der Waals surface area contributed by atoms with E-state index in [2.05, 4.69) is 30.0 Å². The highest BCUT2D eigenvalue weighted by Crippen LogP contribution is 2.67.